The van der Waals surface area contributed by atoms with E-state index in [0.29, 0.717) is 32.7 Å². The Kier molecular flexibility index (Phi) is 5.17. The van der Waals surface area contributed by atoms with E-state index in [0.717, 1.165) is 0 Å². The van der Waals surface area contributed by atoms with Gasteiger partial charge in [-0.25, -0.2) is 4.79 Å². The molecule has 1 saturated heterocycles. The van der Waals surface area contributed by atoms with Crippen molar-refractivity contribution in [2.75, 3.05) is 46.8 Å². The smallest absolute Gasteiger partial charge is 0.319 e. The van der Waals surface area contributed by atoms with E-state index in [-0.39, 0.29) is 17.5 Å². The van der Waals surface area contributed by atoms with Crippen LogP contribution in [0.25, 0.3) is 0 Å². The predicted octanol–water partition coefficient (Wildman–Crippen LogP) is 0.200. The van der Waals surface area contributed by atoms with Gasteiger partial charge in [0.1, 0.15) is 0 Å². The van der Waals surface area contributed by atoms with Gasteiger partial charge < -0.3 is 20.0 Å². The number of hydrogen-bond donors (Lipinski definition) is 1. The maximum Gasteiger partial charge on any atom is 0.319 e. The van der Waals surface area contributed by atoms with Crippen molar-refractivity contribution in [3.63, 3.8) is 0 Å². The van der Waals surface area contributed by atoms with Gasteiger partial charge in [-0.15, -0.1) is 0 Å². The quantitative estimate of drug-likeness (QED) is 0.780. The normalized spacial score (nSPS) is 16.5. The minimum absolute atomic E-state index is 0.0138. The molecular weight excluding hydrogens is 244 g/mol. The zero-order valence-electron chi connectivity index (χ0n) is 12.7. The van der Waals surface area contributed by atoms with Gasteiger partial charge in [-0.05, 0) is 20.8 Å². The third kappa shape index (κ3) is 5.06. The molecular formula is C13H26N4O2. The van der Waals surface area contributed by atoms with Crippen LogP contribution in [0.15, 0.2) is 0 Å². The van der Waals surface area contributed by atoms with Crippen LogP contribution in [-0.4, -0.2) is 79.0 Å². The van der Waals surface area contributed by atoms with Crippen molar-refractivity contribution in [1.29, 1.82) is 0 Å². The molecule has 110 valence electrons. The summed E-state index contributed by atoms with van der Waals surface area (Å²) >= 11 is 0. The molecule has 0 aromatic carbocycles. The lowest BCUT2D eigenvalue weighted by molar-refractivity contribution is -0.132. The molecule has 1 aliphatic heterocycles. The fraction of sp³-hybridized carbons (Fsp3) is 0.846. The molecule has 1 aliphatic rings. The topological polar surface area (TPSA) is 55.9 Å². The summed E-state index contributed by atoms with van der Waals surface area (Å²) < 4.78 is 0. The molecule has 1 heterocycles. The van der Waals surface area contributed by atoms with E-state index in [2.05, 4.69) is 5.32 Å². The standard InChI is InChI=1S/C13H26N4O2/c1-13(2,3)14-10-11(18)16-6-8-17(9-7-16)12(19)15(4)5/h14H,6-10H2,1-5H3. The number of hydrogen-bond acceptors (Lipinski definition) is 3. The van der Waals surface area contributed by atoms with Gasteiger partial charge in [-0.2, -0.15) is 0 Å². The molecule has 0 aliphatic carbocycles. The maximum absolute atomic E-state index is 12.0. The zero-order valence-corrected chi connectivity index (χ0v) is 12.7. The van der Waals surface area contributed by atoms with Crippen LogP contribution in [0, 0.1) is 0 Å². The first kappa shape index (κ1) is 15.8. The Hall–Kier alpha value is -1.30. The summed E-state index contributed by atoms with van der Waals surface area (Å²) in [5.74, 6) is 0.104. The molecule has 3 amide bonds. The molecule has 1 fully saturated rings. The Morgan fingerprint density at radius 2 is 1.53 bits per heavy atom. The van der Waals surface area contributed by atoms with Crippen LogP contribution < -0.4 is 5.32 Å². The molecule has 0 bridgehead atoms. The van der Waals surface area contributed by atoms with Crippen LogP contribution in [-0.2, 0) is 4.79 Å². The summed E-state index contributed by atoms with van der Waals surface area (Å²) in [7, 11) is 3.49. The Balaban J connectivity index is 2.37. The lowest BCUT2D eigenvalue weighted by atomic mass is 10.1. The van der Waals surface area contributed by atoms with Crippen molar-refractivity contribution in [1.82, 2.24) is 20.0 Å². The van der Waals surface area contributed by atoms with Crippen molar-refractivity contribution < 1.29 is 9.59 Å². The Morgan fingerprint density at radius 3 is 1.95 bits per heavy atom. The summed E-state index contributed by atoms with van der Waals surface area (Å²) in [6.45, 7) is 8.91. The molecule has 6 heteroatoms. The predicted molar refractivity (Wildman–Crippen MR) is 75.0 cm³/mol. The number of urea groups is 1. The summed E-state index contributed by atoms with van der Waals surface area (Å²) in [4.78, 5) is 28.9. The molecule has 0 saturated carbocycles. The van der Waals surface area contributed by atoms with Gasteiger partial charge >= 0.3 is 6.03 Å². The van der Waals surface area contributed by atoms with Crippen LogP contribution in [0.1, 0.15) is 20.8 Å². The first-order valence-electron chi connectivity index (χ1n) is 6.70. The number of amides is 3. The third-order valence-corrected chi connectivity index (χ3v) is 3.06. The monoisotopic (exact) mass is 270 g/mol. The molecule has 0 aromatic heterocycles. The lowest BCUT2D eigenvalue weighted by Crippen LogP contribution is -2.55. The van der Waals surface area contributed by atoms with Crippen LogP contribution in [0.5, 0.6) is 0 Å². The van der Waals surface area contributed by atoms with E-state index in [4.69, 9.17) is 0 Å². The van der Waals surface area contributed by atoms with Gasteiger partial charge in [-0.1, -0.05) is 0 Å². The molecule has 0 atom stereocenters. The second kappa shape index (κ2) is 6.23. The van der Waals surface area contributed by atoms with Gasteiger partial charge in [0, 0.05) is 45.8 Å². The van der Waals surface area contributed by atoms with E-state index in [9.17, 15) is 9.59 Å². The first-order valence-corrected chi connectivity index (χ1v) is 6.70. The number of carbonyl (C=O) groups excluding carboxylic acids is 2. The van der Waals surface area contributed by atoms with Crippen molar-refractivity contribution in [3.8, 4) is 0 Å². The number of nitrogens with zero attached hydrogens (tertiary/aromatic N) is 3. The van der Waals surface area contributed by atoms with Crippen molar-refractivity contribution in [2.24, 2.45) is 0 Å². The largest absolute Gasteiger partial charge is 0.338 e. The number of rotatable bonds is 2. The first-order chi connectivity index (χ1) is 8.70. The lowest BCUT2D eigenvalue weighted by Gasteiger charge is -2.36. The molecule has 1 N–H and O–H groups in total. The highest BCUT2D eigenvalue weighted by Crippen LogP contribution is 2.05. The average Bonchev–Trinajstić information content (AvgIpc) is 2.34. The van der Waals surface area contributed by atoms with Gasteiger partial charge in [0.25, 0.3) is 0 Å². The van der Waals surface area contributed by atoms with Crippen molar-refractivity contribution >= 4 is 11.9 Å². The highest BCUT2D eigenvalue weighted by Gasteiger charge is 2.25. The maximum atomic E-state index is 12.0. The minimum atomic E-state index is -0.0572. The van der Waals surface area contributed by atoms with Crippen molar-refractivity contribution in [2.45, 2.75) is 26.3 Å². The van der Waals surface area contributed by atoms with Gasteiger partial charge in [-0.3, -0.25) is 4.79 Å². The summed E-state index contributed by atoms with van der Waals surface area (Å²) in [5, 5.41) is 3.19. The van der Waals surface area contributed by atoms with Gasteiger partial charge in [0.15, 0.2) is 0 Å². The minimum Gasteiger partial charge on any atom is -0.338 e. The fourth-order valence-corrected chi connectivity index (χ4v) is 1.88. The van der Waals surface area contributed by atoms with Crippen LogP contribution in [0.2, 0.25) is 0 Å². The van der Waals surface area contributed by atoms with Crippen LogP contribution in [0.4, 0.5) is 4.79 Å². The third-order valence-electron chi connectivity index (χ3n) is 3.06. The highest BCUT2D eigenvalue weighted by atomic mass is 16.2. The summed E-state index contributed by atoms with van der Waals surface area (Å²) in [5.41, 5.74) is -0.0572. The zero-order chi connectivity index (χ0) is 14.6. The van der Waals surface area contributed by atoms with E-state index in [1.165, 1.54) is 0 Å². The van der Waals surface area contributed by atoms with E-state index in [1.54, 1.807) is 23.9 Å². The second-order valence-corrected chi connectivity index (χ2v) is 6.15. The molecule has 19 heavy (non-hydrogen) atoms. The van der Waals surface area contributed by atoms with E-state index in [1.807, 2.05) is 25.7 Å². The van der Waals surface area contributed by atoms with Crippen molar-refractivity contribution in [3.05, 3.63) is 0 Å². The highest BCUT2D eigenvalue weighted by molar-refractivity contribution is 5.79. The molecule has 6 nitrogen and oxygen atoms in total. The molecule has 0 aromatic rings. The van der Waals surface area contributed by atoms with E-state index >= 15 is 0 Å². The second-order valence-electron chi connectivity index (χ2n) is 6.15. The number of piperazine rings is 1. The Labute approximate surface area is 115 Å². The van der Waals surface area contributed by atoms with Crippen LogP contribution in [0.3, 0.4) is 0 Å². The molecule has 0 spiro atoms. The number of nitrogens with one attached hydrogen (secondary N) is 1. The van der Waals surface area contributed by atoms with Gasteiger partial charge in [0.2, 0.25) is 5.91 Å². The van der Waals surface area contributed by atoms with E-state index < -0.39 is 0 Å². The summed E-state index contributed by atoms with van der Waals surface area (Å²) in [6.07, 6.45) is 0. The molecule has 0 unspecified atom stereocenters. The average molecular weight is 270 g/mol. The Morgan fingerprint density at radius 1 is 1.05 bits per heavy atom. The Bertz CT molecular complexity index is 328. The molecule has 1 rings (SSSR count). The number of carbonyl (C=O) groups is 2. The molecule has 0 radical (unpaired) electrons. The van der Waals surface area contributed by atoms with Crippen LogP contribution >= 0.6 is 0 Å². The van der Waals surface area contributed by atoms with Gasteiger partial charge in [0.05, 0.1) is 6.54 Å². The summed E-state index contributed by atoms with van der Waals surface area (Å²) in [6, 6.07) is 0.0138. The fourth-order valence-electron chi connectivity index (χ4n) is 1.88. The SMILES string of the molecule is CN(C)C(=O)N1CCN(C(=O)CNC(C)(C)C)CC1.